The minimum Gasteiger partial charge on any atom is -0.366 e. The van der Waals surface area contributed by atoms with Crippen LogP contribution in [-0.4, -0.2) is 82.7 Å². The summed E-state index contributed by atoms with van der Waals surface area (Å²) >= 11 is 6.11. The molecular formula is C29H36ClN9O5. The molecule has 0 spiro atoms. The number of piperidine rings is 2. The highest BCUT2D eigenvalue weighted by Gasteiger charge is 2.39. The molecule has 0 aromatic carbocycles. The number of aromatic nitrogens is 2. The van der Waals surface area contributed by atoms with Gasteiger partial charge >= 0.3 is 12.2 Å². The molecule has 2 aliphatic heterocycles. The molecule has 2 aromatic rings. The molecule has 2 aromatic heterocycles. The SMILES string of the molecule is CC(C)(C)N(C(=O)OC(=O)N(c1cc(C(N)=O)cc(C#N)n1)C1CCNCC1)C1CCN(c2cc(C(N)=O)cc(Cl)n2)CC1. The third-order valence-electron chi connectivity index (χ3n) is 7.64. The number of ether oxygens (including phenoxy) is 1. The van der Waals surface area contributed by atoms with Gasteiger partial charge in [0.1, 0.15) is 28.6 Å². The summed E-state index contributed by atoms with van der Waals surface area (Å²) in [7, 11) is 0. The Bertz CT molecular complexity index is 1470. The third kappa shape index (κ3) is 7.53. The molecular weight excluding hydrogens is 590 g/mol. The van der Waals surface area contributed by atoms with Gasteiger partial charge in [-0.05, 0) is 83.8 Å². The summed E-state index contributed by atoms with van der Waals surface area (Å²) in [5.41, 5.74) is 10.3. The van der Waals surface area contributed by atoms with Gasteiger partial charge in [-0.1, -0.05) is 11.6 Å². The van der Waals surface area contributed by atoms with Gasteiger partial charge < -0.3 is 26.4 Å². The highest BCUT2D eigenvalue weighted by Crippen LogP contribution is 2.30. The summed E-state index contributed by atoms with van der Waals surface area (Å²) < 4.78 is 5.52. The zero-order chi connectivity index (χ0) is 32.2. The quantitative estimate of drug-likeness (QED) is 0.316. The summed E-state index contributed by atoms with van der Waals surface area (Å²) in [4.78, 5) is 64.4. The number of rotatable bonds is 6. The maximum atomic E-state index is 13.7. The molecule has 44 heavy (non-hydrogen) atoms. The summed E-state index contributed by atoms with van der Waals surface area (Å²) in [6.07, 6.45) is 0.310. The first-order valence-electron chi connectivity index (χ1n) is 14.3. The molecule has 0 unspecified atom stereocenters. The van der Waals surface area contributed by atoms with Crippen molar-refractivity contribution >= 4 is 47.2 Å². The lowest BCUT2D eigenvalue weighted by molar-refractivity contribution is 0.0533. The van der Waals surface area contributed by atoms with Gasteiger partial charge in [-0.15, -0.1) is 0 Å². The van der Waals surface area contributed by atoms with Crippen molar-refractivity contribution in [3.8, 4) is 6.07 Å². The zero-order valence-corrected chi connectivity index (χ0v) is 25.6. The summed E-state index contributed by atoms with van der Waals surface area (Å²) in [5.74, 6) is -0.896. The van der Waals surface area contributed by atoms with Gasteiger partial charge in [-0.3, -0.25) is 19.4 Å². The van der Waals surface area contributed by atoms with Gasteiger partial charge in [0.2, 0.25) is 11.8 Å². The van der Waals surface area contributed by atoms with Crippen molar-refractivity contribution in [3.05, 3.63) is 46.2 Å². The fourth-order valence-electron chi connectivity index (χ4n) is 5.62. The molecule has 14 nitrogen and oxygen atoms in total. The van der Waals surface area contributed by atoms with E-state index in [-0.39, 0.29) is 33.8 Å². The fraction of sp³-hybridized carbons (Fsp3) is 0.483. The normalized spacial score (nSPS) is 16.1. The molecule has 4 amide bonds. The maximum Gasteiger partial charge on any atom is 0.424 e. The van der Waals surface area contributed by atoms with Crippen LogP contribution in [0.5, 0.6) is 0 Å². The van der Waals surface area contributed by atoms with E-state index in [9.17, 15) is 24.4 Å². The lowest BCUT2D eigenvalue weighted by Crippen LogP contribution is -2.56. The van der Waals surface area contributed by atoms with Gasteiger partial charge in [0.15, 0.2) is 0 Å². The van der Waals surface area contributed by atoms with Gasteiger partial charge in [0, 0.05) is 41.8 Å². The van der Waals surface area contributed by atoms with Gasteiger partial charge in [0.25, 0.3) is 0 Å². The maximum absolute atomic E-state index is 13.7. The van der Waals surface area contributed by atoms with E-state index in [1.807, 2.05) is 31.7 Å². The van der Waals surface area contributed by atoms with Crippen molar-refractivity contribution in [2.24, 2.45) is 11.5 Å². The molecule has 4 rings (SSSR count). The Kier molecular flexibility index (Phi) is 9.91. The zero-order valence-electron chi connectivity index (χ0n) is 24.9. The molecule has 2 fully saturated rings. The number of nitrogens with one attached hydrogen (secondary N) is 1. The van der Waals surface area contributed by atoms with Gasteiger partial charge in [-0.25, -0.2) is 19.6 Å². The Hall–Kier alpha value is -4.48. The van der Waals surface area contributed by atoms with Crippen LogP contribution in [0.25, 0.3) is 0 Å². The summed E-state index contributed by atoms with van der Waals surface area (Å²) in [6, 6.07) is 6.75. The van der Waals surface area contributed by atoms with Crippen LogP contribution in [0.4, 0.5) is 21.2 Å². The monoisotopic (exact) mass is 625 g/mol. The van der Waals surface area contributed by atoms with Crippen LogP contribution in [-0.2, 0) is 4.74 Å². The first kappa shape index (κ1) is 32.4. The molecule has 234 valence electrons. The Labute approximate surface area is 260 Å². The second-order valence-electron chi connectivity index (χ2n) is 11.7. The molecule has 5 N–H and O–H groups in total. The average molecular weight is 626 g/mol. The Morgan fingerprint density at radius 1 is 0.955 bits per heavy atom. The molecule has 2 aliphatic rings. The van der Waals surface area contributed by atoms with Crippen molar-refractivity contribution in [1.82, 2.24) is 20.2 Å². The standard InChI is InChI=1S/C29H36ClN9O5/c1-29(2,3)39(21-6-10-37(11-7-21)23-14-18(26(33)41)13-22(30)36-23)28(43)44-27(42)38(20-4-8-34-9-5-20)24-15-17(25(32)40)12-19(16-31)35-24/h12-15,20-21,34H,4-11H2,1-3H3,(H2,32,40)(H2,33,41). The van der Waals surface area contributed by atoms with Gasteiger partial charge in [0.05, 0.1) is 0 Å². The minimum atomic E-state index is -0.964. The predicted octanol–water partition coefficient (Wildman–Crippen LogP) is 2.78. The molecule has 15 heteroatoms. The number of pyridine rings is 2. The second kappa shape index (κ2) is 13.4. The van der Waals surface area contributed by atoms with Crippen molar-refractivity contribution in [2.75, 3.05) is 36.0 Å². The van der Waals surface area contributed by atoms with Crippen LogP contribution in [0.3, 0.4) is 0 Å². The lowest BCUT2D eigenvalue weighted by atomic mass is 9.97. The third-order valence-corrected chi connectivity index (χ3v) is 7.83. The number of hydrogen-bond donors (Lipinski definition) is 3. The lowest BCUT2D eigenvalue weighted by Gasteiger charge is -2.44. The first-order chi connectivity index (χ1) is 20.8. The van der Waals surface area contributed by atoms with Gasteiger partial charge in [-0.2, -0.15) is 5.26 Å². The molecule has 2 saturated heterocycles. The van der Waals surface area contributed by atoms with E-state index in [1.54, 1.807) is 11.0 Å². The van der Waals surface area contributed by atoms with Crippen molar-refractivity contribution in [2.45, 2.75) is 64.1 Å². The van der Waals surface area contributed by atoms with E-state index in [0.29, 0.717) is 57.7 Å². The molecule has 0 aliphatic carbocycles. The molecule has 0 radical (unpaired) electrons. The fourth-order valence-corrected chi connectivity index (χ4v) is 5.82. The van der Waals surface area contributed by atoms with E-state index in [4.69, 9.17) is 27.8 Å². The number of anilines is 2. The van der Waals surface area contributed by atoms with Crippen molar-refractivity contribution < 1.29 is 23.9 Å². The van der Waals surface area contributed by atoms with Crippen LogP contribution in [0.2, 0.25) is 5.15 Å². The van der Waals surface area contributed by atoms with E-state index in [0.717, 1.165) is 0 Å². The number of halogens is 1. The van der Waals surface area contributed by atoms with E-state index in [2.05, 4.69) is 15.3 Å². The van der Waals surface area contributed by atoms with E-state index >= 15 is 0 Å². The smallest absolute Gasteiger partial charge is 0.366 e. The van der Waals surface area contributed by atoms with Crippen molar-refractivity contribution in [1.29, 1.82) is 5.26 Å². The average Bonchev–Trinajstić information content (AvgIpc) is 2.97. The van der Waals surface area contributed by atoms with Crippen molar-refractivity contribution in [3.63, 3.8) is 0 Å². The minimum absolute atomic E-state index is 0.00233. The Balaban J connectivity index is 1.56. The predicted molar refractivity (Wildman–Crippen MR) is 162 cm³/mol. The van der Waals surface area contributed by atoms with E-state index in [1.165, 1.54) is 23.1 Å². The number of hydrogen-bond acceptors (Lipinski definition) is 10. The second-order valence-corrected chi connectivity index (χ2v) is 12.1. The van der Waals surface area contributed by atoms with Crippen LogP contribution >= 0.6 is 11.6 Å². The molecule has 0 atom stereocenters. The van der Waals surface area contributed by atoms with E-state index < -0.39 is 35.6 Å². The topological polar surface area (TPSA) is 201 Å². The number of primary amides is 2. The number of nitrogens with two attached hydrogens (primary N) is 2. The van der Waals surface area contributed by atoms with Crippen LogP contribution < -0.4 is 26.6 Å². The Morgan fingerprint density at radius 2 is 1.57 bits per heavy atom. The number of nitrogens with zero attached hydrogens (tertiary/aromatic N) is 6. The molecule has 4 heterocycles. The highest BCUT2D eigenvalue weighted by molar-refractivity contribution is 6.29. The molecule has 0 saturated carbocycles. The highest BCUT2D eigenvalue weighted by atomic mass is 35.5. The summed E-state index contributed by atoms with van der Waals surface area (Å²) in [6.45, 7) is 7.76. The summed E-state index contributed by atoms with van der Waals surface area (Å²) in [5, 5.41) is 12.9. The number of carbonyl (C=O) groups is 4. The van der Waals surface area contributed by atoms with Crippen LogP contribution in [0, 0.1) is 11.3 Å². The molecule has 0 bridgehead atoms. The van der Waals surface area contributed by atoms with Crippen LogP contribution in [0.1, 0.15) is 72.9 Å². The number of nitriles is 1. The largest absolute Gasteiger partial charge is 0.424 e. The number of carbonyl (C=O) groups excluding carboxylic acids is 4. The number of amides is 4. The Morgan fingerprint density at radius 3 is 2.14 bits per heavy atom. The van der Waals surface area contributed by atoms with Crippen LogP contribution in [0.15, 0.2) is 24.3 Å². The first-order valence-corrected chi connectivity index (χ1v) is 14.7.